The Hall–Kier alpha value is -2.60. The molecule has 3 N–H and O–H groups in total. The molecule has 3 aromatic rings. The Bertz CT molecular complexity index is 904. The summed E-state index contributed by atoms with van der Waals surface area (Å²) in [7, 11) is 1.84. The molecule has 108 valence electrons. The van der Waals surface area contributed by atoms with Crippen LogP contribution >= 0.6 is 0 Å². The molecule has 0 saturated carbocycles. The molecule has 0 aliphatic carbocycles. The molecule has 0 amide bonds. The van der Waals surface area contributed by atoms with Crippen molar-refractivity contribution >= 4 is 11.0 Å². The lowest BCUT2D eigenvalue weighted by Gasteiger charge is -2.15. The molecule has 0 radical (unpaired) electrons. The second-order valence-corrected chi connectivity index (χ2v) is 4.90. The minimum absolute atomic E-state index is 0.125. The van der Waals surface area contributed by atoms with Crippen LogP contribution < -0.4 is 16.4 Å². The summed E-state index contributed by atoms with van der Waals surface area (Å²) < 4.78 is 5.53. The fourth-order valence-corrected chi connectivity index (χ4v) is 2.44. The standard InChI is InChI=1S/C15H15N3O3/c1-8-5-6-21-13(8)12(16-2)9-3-4-10-11(7-9)18-15(20)14(19)17-10/h3-7,12,16H,1-2H3,(H,17,19)(H,18,20). The third-order valence-electron chi connectivity index (χ3n) is 3.53. The van der Waals surface area contributed by atoms with E-state index in [0.29, 0.717) is 11.0 Å². The molecule has 1 unspecified atom stereocenters. The minimum atomic E-state index is -0.658. The van der Waals surface area contributed by atoms with Gasteiger partial charge in [-0.25, -0.2) is 0 Å². The van der Waals surface area contributed by atoms with Gasteiger partial charge in [-0.2, -0.15) is 0 Å². The van der Waals surface area contributed by atoms with Crippen LogP contribution in [0.4, 0.5) is 0 Å². The van der Waals surface area contributed by atoms with Crippen LogP contribution in [0.3, 0.4) is 0 Å². The van der Waals surface area contributed by atoms with Gasteiger partial charge in [0, 0.05) is 0 Å². The van der Waals surface area contributed by atoms with Gasteiger partial charge >= 0.3 is 11.1 Å². The third kappa shape index (κ3) is 2.30. The number of hydrogen-bond donors (Lipinski definition) is 3. The van der Waals surface area contributed by atoms with Crippen LogP contribution in [0.1, 0.15) is 22.9 Å². The lowest BCUT2D eigenvalue weighted by molar-refractivity contribution is 0.460. The minimum Gasteiger partial charge on any atom is -0.467 e. The quantitative estimate of drug-likeness (QED) is 0.635. The topological polar surface area (TPSA) is 90.9 Å². The summed E-state index contributed by atoms with van der Waals surface area (Å²) >= 11 is 0. The molecule has 1 atom stereocenters. The predicted octanol–water partition coefficient (Wildman–Crippen LogP) is 1.43. The van der Waals surface area contributed by atoms with Gasteiger partial charge in [0.2, 0.25) is 0 Å². The van der Waals surface area contributed by atoms with Gasteiger partial charge in [0.15, 0.2) is 0 Å². The third-order valence-corrected chi connectivity index (χ3v) is 3.53. The van der Waals surface area contributed by atoms with Gasteiger partial charge in [0.25, 0.3) is 0 Å². The summed E-state index contributed by atoms with van der Waals surface area (Å²) in [5, 5.41) is 3.19. The average molecular weight is 285 g/mol. The molecule has 2 heterocycles. The number of aromatic nitrogens is 2. The van der Waals surface area contributed by atoms with E-state index < -0.39 is 11.1 Å². The molecular weight excluding hydrogens is 270 g/mol. The number of aryl methyl sites for hydroxylation is 1. The number of H-pyrrole nitrogens is 2. The van der Waals surface area contributed by atoms with Crippen molar-refractivity contribution in [1.82, 2.24) is 15.3 Å². The van der Waals surface area contributed by atoms with Crippen LogP contribution in [0, 0.1) is 6.92 Å². The summed E-state index contributed by atoms with van der Waals surface area (Å²) in [6, 6.07) is 7.26. The zero-order chi connectivity index (χ0) is 15.0. The predicted molar refractivity (Wildman–Crippen MR) is 79.5 cm³/mol. The van der Waals surface area contributed by atoms with E-state index >= 15 is 0 Å². The smallest absolute Gasteiger partial charge is 0.314 e. The van der Waals surface area contributed by atoms with Gasteiger partial charge in [0.1, 0.15) is 5.76 Å². The molecule has 6 nitrogen and oxygen atoms in total. The van der Waals surface area contributed by atoms with Crippen LogP contribution in [-0.4, -0.2) is 17.0 Å². The summed E-state index contributed by atoms with van der Waals surface area (Å²) in [6.07, 6.45) is 1.65. The Balaban J connectivity index is 2.15. The highest BCUT2D eigenvalue weighted by Gasteiger charge is 2.18. The SMILES string of the molecule is CNC(c1ccc2[nH]c(=O)c(=O)[nH]c2c1)c1occc1C. The molecule has 3 rings (SSSR count). The molecule has 21 heavy (non-hydrogen) atoms. The van der Waals surface area contributed by atoms with Crippen molar-refractivity contribution in [2.45, 2.75) is 13.0 Å². The van der Waals surface area contributed by atoms with E-state index in [4.69, 9.17) is 4.42 Å². The summed E-state index contributed by atoms with van der Waals surface area (Å²) in [5.41, 5.74) is 1.85. The van der Waals surface area contributed by atoms with Crippen molar-refractivity contribution in [3.05, 3.63) is 68.1 Å². The highest BCUT2D eigenvalue weighted by molar-refractivity contribution is 5.74. The molecule has 0 bridgehead atoms. The molecular formula is C15H15N3O3. The van der Waals surface area contributed by atoms with Gasteiger partial charge in [0.05, 0.1) is 23.3 Å². The fraction of sp³-hybridized carbons (Fsp3) is 0.200. The van der Waals surface area contributed by atoms with Gasteiger partial charge in [-0.15, -0.1) is 0 Å². The zero-order valence-corrected chi connectivity index (χ0v) is 11.7. The van der Waals surface area contributed by atoms with E-state index in [1.54, 1.807) is 12.3 Å². The van der Waals surface area contributed by atoms with Gasteiger partial charge in [-0.05, 0) is 43.3 Å². The first-order valence-electron chi connectivity index (χ1n) is 6.57. The Labute approximate surface area is 119 Å². The van der Waals surface area contributed by atoms with Crippen molar-refractivity contribution in [2.75, 3.05) is 7.05 Å². The van der Waals surface area contributed by atoms with Crippen LogP contribution in [0.2, 0.25) is 0 Å². The Morgan fingerprint density at radius 3 is 2.43 bits per heavy atom. The van der Waals surface area contributed by atoms with E-state index in [1.165, 1.54) is 0 Å². The van der Waals surface area contributed by atoms with Crippen LogP contribution in [-0.2, 0) is 0 Å². The van der Waals surface area contributed by atoms with Crippen LogP contribution in [0.15, 0.2) is 44.5 Å². The lowest BCUT2D eigenvalue weighted by atomic mass is 10.0. The maximum Gasteiger partial charge on any atom is 0.314 e. The van der Waals surface area contributed by atoms with E-state index in [0.717, 1.165) is 16.9 Å². The van der Waals surface area contributed by atoms with Gasteiger partial charge < -0.3 is 19.7 Å². The highest BCUT2D eigenvalue weighted by Crippen LogP contribution is 2.26. The summed E-state index contributed by atoms with van der Waals surface area (Å²) in [4.78, 5) is 27.9. The van der Waals surface area contributed by atoms with Crippen molar-refractivity contribution in [3.63, 3.8) is 0 Å². The molecule has 6 heteroatoms. The monoisotopic (exact) mass is 285 g/mol. The Morgan fingerprint density at radius 2 is 1.81 bits per heavy atom. The number of nitrogens with one attached hydrogen (secondary N) is 3. The van der Waals surface area contributed by atoms with E-state index in [-0.39, 0.29) is 6.04 Å². The van der Waals surface area contributed by atoms with E-state index in [1.807, 2.05) is 32.2 Å². The lowest BCUT2D eigenvalue weighted by Crippen LogP contribution is -2.29. The maximum absolute atomic E-state index is 11.4. The molecule has 0 aliphatic heterocycles. The number of aromatic amines is 2. The molecule has 0 fully saturated rings. The van der Waals surface area contributed by atoms with E-state index in [9.17, 15) is 9.59 Å². The second-order valence-electron chi connectivity index (χ2n) is 4.90. The normalized spacial score (nSPS) is 12.7. The van der Waals surface area contributed by atoms with Crippen LogP contribution in [0.25, 0.3) is 11.0 Å². The zero-order valence-electron chi connectivity index (χ0n) is 11.7. The fourth-order valence-electron chi connectivity index (χ4n) is 2.44. The van der Waals surface area contributed by atoms with Gasteiger partial charge in [-0.3, -0.25) is 9.59 Å². The summed E-state index contributed by atoms with van der Waals surface area (Å²) in [5.74, 6) is 0.823. The second kappa shape index (κ2) is 5.06. The molecule has 0 spiro atoms. The largest absolute Gasteiger partial charge is 0.467 e. The van der Waals surface area contributed by atoms with Crippen molar-refractivity contribution in [1.29, 1.82) is 0 Å². The van der Waals surface area contributed by atoms with Crippen molar-refractivity contribution < 1.29 is 4.42 Å². The highest BCUT2D eigenvalue weighted by atomic mass is 16.3. The Morgan fingerprint density at radius 1 is 1.10 bits per heavy atom. The molecule has 0 aliphatic rings. The Kier molecular flexibility index (Phi) is 3.23. The number of furan rings is 1. The van der Waals surface area contributed by atoms with Crippen molar-refractivity contribution in [3.8, 4) is 0 Å². The molecule has 2 aromatic heterocycles. The first-order valence-corrected chi connectivity index (χ1v) is 6.57. The summed E-state index contributed by atoms with van der Waals surface area (Å²) in [6.45, 7) is 1.98. The van der Waals surface area contributed by atoms with Crippen molar-refractivity contribution in [2.24, 2.45) is 0 Å². The number of hydrogen-bond acceptors (Lipinski definition) is 4. The first kappa shape index (κ1) is 13.4. The average Bonchev–Trinajstić information content (AvgIpc) is 2.88. The van der Waals surface area contributed by atoms with E-state index in [2.05, 4.69) is 15.3 Å². The number of rotatable bonds is 3. The number of fused-ring (bicyclic) bond motifs is 1. The number of benzene rings is 1. The molecule has 0 saturated heterocycles. The first-order chi connectivity index (χ1) is 10.1. The van der Waals surface area contributed by atoms with Crippen LogP contribution in [0.5, 0.6) is 0 Å². The maximum atomic E-state index is 11.4. The van der Waals surface area contributed by atoms with Gasteiger partial charge in [-0.1, -0.05) is 6.07 Å². The molecule has 1 aromatic carbocycles.